The van der Waals surface area contributed by atoms with Crippen LogP contribution in [0.15, 0.2) is 0 Å². The molecule has 13 heteroatoms. The minimum atomic E-state index is -0.737. The summed E-state index contributed by atoms with van der Waals surface area (Å²) < 4.78 is 17.3. The molecule has 2 rings (SSSR count). The number of nitrogens with zero attached hydrogens (tertiary/aromatic N) is 3. The monoisotopic (exact) mass is 697 g/mol. The van der Waals surface area contributed by atoms with Crippen molar-refractivity contribution < 1.29 is 33.4 Å². The standard InChI is InChI=1S/C36H68N6O7/c1-12-25(6)32(40(9)36(46)31(24(4)5)39-35(45)30(37-8)23(2)3)28(47-10)22-29(43)42-16-13-14-27(42)33(48-11)26(7)34(44)38-15-17-41-18-20-49-21-19-41/h23-28,30-33,37H,12-22H2,1-11H3,(H,38,44)(H,39,45)/t25-,26+,27?,28+,30?,31?,32-,33+/m0/s1. The van der Waals surface area contributed by atoms with Gasteiger partial charge in [-0.2, -0.15) is 0 Å². The number of carbonyl (C=O) groups is 4. The lowest BCUT2D eigenvalue weighted by atomic mass is 9.89. The molecule has 0 saturated carbocycles. The summed E-state index contributed by atoms with van der Waals surface area (Å²) in [6, 6.07) is -1.83. The smallest absolute Gasteiger partial charge is 0.245 e. The largest absolute Gasteiger partial charge is 0.379 e. The highest BCUT2D eigenvalue weighted by Gasteiger charge is 2.43. The van der Waals surface area contributed by atoms with Crippen molar-refractivity contribution in [1.82, 2.24) is 30.7 Å². The summed E-state index contributed by atoms with van der Waals surface area (Å²) >= 11 is 0. The highest BCUT2D eigenvalue weighted by molar-refractivity contribution is 5.90. The molecule has 13 nitrogen and oxygen atoms in total. The van der Waals surface area contributed by atoms with E-state index >= 15 is 0 Å². The molecule has 2 aliphatic rings. The van der Waals surface area contributed by atoms with Crippen molar-refractivity contribution >= 4 is 23.6 Å². The van der Waals surface area contributed by atoms with Gasteiger partial charge in [0.05, 0.1) is 55.9 Å². The van der Waals surface area contributed by atoms with Crippen molar-refractivity contribution in [3.05, 3.63) is 0 Å². The van der Waals surface area contributed by atoms with Crippen LogP contribution in [0.4, 0.5) is 0 Å². The Labute approximate surface area is 295 Å². The first kappa shape index (κ1) is 42.8. The van der Waals surface area contributed by atoms with E-state index < -0.39 is 36.3 Å². The van der Waals surface area contributed by atoms with Crippen LogP contribution in [0.25, 0.3) is 0 Å². The molecular formula is C36H68N6O7. The Bertz CT molecular complexity index is 1040. The number of nitrogens with one attached hydrogen (secondary N) is 3. The molecule has 0 aliphatic carbocycles. The highest BCUT2D eigenvalue weighted by atomic mass is 16.5. The number of amides is 4. The van der Waals surface area contributed by atoms with Crippen molar-refractivity contribution in [3.63, 3.8) is 0 Å². The number of hydrogen-bond donors (Lipinski definition) is 3. The molecule has 49 heavy (non-hydrogen) atoms. The topological polar surface area (TPSA) is 142 Å². The number of methoxy groups -OCH3 is 2. The zero-order valence-corrected chi connectivity index (χ0v) is 32.3. The van der Waals surface area contributed by atoms with E-state index in [4.69, 9.17) is 14.2 Å². The molecule has 3 unspecified atom stereocenters. The fourth-order valence-electron chi connectivity index (χ4n) is 7.37. The Balaban J connectivity index is 2.17. The van der Waals surface area contributed by atoms with E-state index in [1.54, 1.807) is 33.2 Å². The molecule has 0 spiro atoms. The molecule has 0 bridgehead atoms. The maximum absolute atomic E-state index is 14.1. The lowest BCUT2D eigenvalue weighted by Crippen LogP contribution is -2.59. The van der Waals surface area contributed by atoms with Crippen molar-refractivity contribution in [2.24, 2.45) is 23.7 Å². The first-order valence-corrected chi connectivity index (χ1v) is 18.4. The average Bonchev–Trinajstić information content (AvgIpc) is 3.56. The SMILES string of the molecule is CC[C@H](C)[C@@H]([C@@H](CC(=O)N1CCCC1[C@H](OC)[C@@H](C)C(=O)NCCN1CCOCC1)OC)N(C)C(=O)C(NC(=O)C(NC)C(C)C)C(C)C. The van der Waals surface area contributed by atoms with Crippen LogP contribution in [-0.4, -0.2) is 149 Å². The van der Waals surface area contributed by atoms with Crippen molar-refractivity contribution in [1.29, 1.82) is 0 Å². The fourth-order valence-corrected chi connectivity index (χ4v) is 7.37. The third kappa shape index (κ3) is 11.9. The number of carbonyl (C=O) groups excluding carboxylic acids is 4. The Morgan fingerprint density at radius 2 is 1.55 bits per heavy atom. The second-order valence-electron chi connectivity index (χ2n) is 14.6. The summed E-state index contributed by atoms with van der Waals surface area (Å²) in [5, 5.41) is 9.11. The van der Waals surface area contributed by atoms with Gasteiger partial charge < -0.3 is 40.0 Å². The first-order valence-electron chi connectivity index (χ1n) is 18.4. The van der Waals surface area contributed by atoms with Crippen LogP contribution in [0.3, 0.4) is 0 Å². The molecule has 284 valence electrons. The summed E-state index contributed by atoms with van der Waals surface area (Å²) in [7, 11) is 6.67. The van der Waals surface area contributed by atoms with E-state index in [0.717, 1.165) is 38.9 Å². The molecule has 2 aliphatic heterocycles. The van der Waals surface area contributed by atoms with Crippen LogP contribution in [0.2, 0.25) is 0 Å². The minimum absolute atomic E-state index is 0.0122. The highest BCUT2D eigenvalue weighted by Crippen LogP contribution is 2.29. The van der Waals surface area contributed by atoms with Gasteiger partial charge >= 0.3 is 0 Å². The van der Waals surface area contributed by atoms with Gasteiger partial charge in [-0.1, -0.05) is 54.9 Å². The summed E-state index contributed by atoms with van der Waals surface area (Å²) in [6.07, 6.45) is 1.34. The van der Waals surface area contributed by atoms with Crippen molar-refractivity contribution in [2.45, 2.75) is 111 Å². The molecule has 0 radical (unpaired) electrons. The van der Waals surface area contributed by atoms with E-state index in [0.29, 0.717) is 26.3 Å². The summed E-state index contributed by atoms with van der Waals surface area (Å²) in [6.45, 7) is 18.7. The van der Waals surface area contributed by atoms with Crippen LogP contribution in [0.1, 0.15) is 74.1 Å². The second-order valence-corrected chi connectivity index (χ2v) is 14.6. The normalized spacial score (nSPS) is 21.5. The third-order valence-corrected chi connectivity index (χ3v) is 10.6. The summed E-state index contributed by atoms with van der Waals surface area (Å²) in [4.78, 5) is 60.3. The van der Waals surface area contributed by atoms with Gasteiger partial charge in [-0.25, -0.2) is 0 Å². The van der Waals surface area contributed by atoms with E-state index in [-0.39, 0.29) is 53.8 Å². The number of morpholine rings is 1. The van der Waals surface area contributed by atoms with E-state index in [1.165, 1.54) is 0 Å². The summed E-state index contributed by atoms with van der Waals surface area (Å²) in [5.74, 6) is -1.16. The Morgan fingerprint density at radius 1 is 0.918 bits per heavy atom. The third-order valence-electron chi connectivity index (χ3n) is 10.6. The van der Waals surface area contributed by atoms with Crippen LogP contribution >= 0.6 is 0 Å². The van der Waals surface area contributed by atoms with E-state index in [9.17, 15) is 19.2 Å². The molecule has 2 heterocycles. The Morgan fingerprint density at radius 3 is 2.08 bits per heavy atom. The van der Waals surface area contributed by atoms with Gasteiger partial charge in [0.15, 0.2) is 0 Å². The minimum Gasteiger partial charge on any atom is -0.379 e. The van der Waals surface area contributed by atoms with Gasteiger partial charge in [0, 0.05) is 54.0 Å². The molecule has 4 amide bonds. The molecule has 8 atom stereocenters. The van der Waals surface area contributed by atoms with E-state index in [1.807, 2.05) is 39.5 Å². The zero-order chi connectivity index (χ0) is 36.8. The number of hydrogen-bond acceptors (Lipinski definition) is 9. The van der Waals surface area contributed by atoms with Gasteiger partial charge in [-0.05, 0) is 37.6 Å². The molecule has 3 N–H and O–H groups in total. The van der Waals surface area contributed by atoms with Crippen LogP contribution in [0.5, 0.6) is 0 Å². The molecular weight excluding hydrogens is 628 g/mol. The maximum atomic E-state index is 14.1. The van der Waals surface area contributed by atoms with E-state index in [2.05, 4.69) is 34.7 Å². The number of likely N-dealkylation sites (N-methyl/N-ethyl adjacent to an activating group) is 2. The Hall–Kier alpha value is -2.32. The second kappa shape index (κ2) is 21.1. The molecule has 0 aromatic heterocycles. The lowest BCUT2D eigenvalue weighted by molar-refractivity contribution is -0.147. The number of ether oxygens (including phenoxy) is 3. The quantitative estimate of drug-likeness (QED) is 0.174. The van der Waals surface area contributed by atoms with Crippen molar-refractivity contribution in [2.75, 3.05) is 74.3 Å². The summed E-state index contributed by atoms with van der Waals surface area (Å²) in [5.41, 5.74) is 0. The fraction of sp³-hybridized carbons (Fsp3) is 0.889. The molecule has 0 aromatic carbocycles. The van der Waals surface area contributed by atoms with Crippen LogP contribution in [-0.2, 0) is 33.4 Å². The van der Waals surface area contributed by atoms with Gasteiger partial charge in [0.2, 0.25) is 23.6 Å². The number of likely N-dealkylation sites (tertiary alicyclic amines) is 1. The maximum Gasteiger partial charge on any atom is 0.245 e. The zero-order valence-electron chi connectivity index (χ0n) is 32.3. The van der Waals surface area contributed by atoms with Gasteiger partial charge in [0.25, 0.3) is 0 Å². The van der Waals surface area contributed by atoms with Gasteiger partial charge in [0.1, 0.15) is 6.04 Å². The van der Waals surface area contributed by atoms with Crippen LogP contribution < -0.4 is 16.0 Å². The van der Waals surface area contributed by atoms with Gasteiger partial charge in [-0.15, -0.1) is 0 Å². The Kier molecular flexibility index (Phi) is 18.5. The molecule has 2 fully saturated rings. The molecule has 2 saturated heterocycles. The molecule has 0 aromatic rings. The van der Waals surface area contributed by atoms with Gasteiger partial charge in [-0.3, -0.25) is 24.1 Å². The first-order chi connectivity index (χ1) is 23.2. The number of rotatable bonds is 20. The van der Waals surface area contributed by atoms with Crippen LogP contribution in [0, 0.1) is 23.7 Å². The predicted octanol–water partition coefficient (Wildman–Crippen LogP) is 1.74. The van der Waals surface area contributed by atoms with Crippen molar-refractivity contribution in [3.8, 4) is 0 Å². The predicted molar refractivity (Wildman–Crippen MR) is 191 cm³/mol. The lowest BCUT2D eigenvalue weighted by Gasteiger charge is -2.41. The average molecular weight is 697 g/mol.